The van der Waals surface area contributed by atoms with Crippen molar-refractivity contribution in [3.63, 3.8) is 0 Å². The Labute approximate surface area is 152 Å². The normalized spacial score (nSPS) is 45.3. The van der Waals surface area contributed by atoms with E-state index in [0.717, 1.165) is 6.92 Å². The van der Waals surface area contributed by atoms with E-state index in [2.05, 4.69) is 5.32 Å². The van der Waals surface area contributed by atoms with Crippen molar-refractivity contribution in [2.24, 2.45) is 0 Å². The van der Waals surface area contributed by atoms with Crippen molar-refractivity contribution in [1.29, 1.82) is 0 Å². The van der Waals surface area contributed by atoms with Gasteiger partial charge in [-0.25, -0.2) is 0 Å². The van der Waals surface area contributed by atoms with Crippen LogP contribution >= 0.6 is 0 Å². The van der Waals surface area contributed by atoms with Crippen LogP contribution in [0.2, 0.25) is 0 Å². The molecule has 27 heavy (non-hydrogen) atoms. The van der Waals surface area contributed by atoms with Crippen molar-refractivity contribution in [2.45, 2.75) is 68.3 Å². The number of aliphatic hydroxyl groups is 6. The van der Waals surface area contributed by atoms with Crippen LogP contribution < -0.4 is 10.4 Å². The van der Waals surface area contributed by atoms with Gasteiger partial charge >= 0.3 is 0 Å². The van der Waals surface area contributed by atoms with Gasteiger partial charge in [0.2, 0.25) is 5.91 Å². The summed E-state index contributed by atoms with van der Waals surface area (Å²) in [5, 5.41) is 72.2. The van der Waals surface area contributed by atoms with Crippen molar-refractivity contribution in [2.75, 3.05) is 6.61 Å². The van der Waals surface area contributed by atoms with Gasteiger partial charge in [-0.1, -0.05) is 0 Å². The van der Waals surface area contributed by atoms with Crippen LogP contribution in [-0.4, -0.2) is 110 Å². The van der Waals surface area contributed by atoms with Crippen LogP contribution in [0.25, 0.3) is 0 Å². The minimum atomic E-state index is -2.05. The molecular weight excluding hydrogens is 374 g/mol. The van der Waals surface area contributed by atoms with Gasteiger partial charge in [-0.05, 0) is 0 Å². The van der Waals surface area contributed by atoms with Gasteiger partial charge in [0.05, 0.1) is 12.6 Å². The van der Waals surface area contributed by atoms with Gasteiger partial charge in [0.1, 0.15) is 48.8 Å². The number of hydrogen-bond acceptors (Lipinski definition) is 12. The lowest BCUT2D eigenvalue weighted by atomic mass is 9.95. The van der Waals surface area contributed by atoms with E-state index in [9.17, 15) is 45.3 Å². The minimum Gasteiger partial charge on any atom is -0.547 e. The van der Waals surface area contributed by atoms with Gasteiger partial charge in [-0.15, -0.1) is 0 Å². The Hall–Kier alpha value is -1.42. The molecule has 2 fully saturated rings. The number of carboxylic acid groups (broad SMARTS) is 1. The zero-order valence-electron chi connectivity index (χ0n) is 14.1. The lowest BCUT2D eigenvalue weighted by Gasteiger charge is -2.46. The monoisotopic (exact) mass is 396 g/mol. The van der Waals surface area contributed by atoms with Crippen LogP contribution in [0.4, 0.5) is 0 Å². The van der Waals surface area contributed by atoms with Gasteiger partial charge in [0, 0.05) is 6.92 Å². The summed E-state index contributed by atoms with van der Waals surface area (Å²) in [5.41, 5.74) is 0. The maximum Gasteiger partial charge on any atom is 0.217 e. The first-order chi connectivity index (χ1) is 12.6. The molecule has 2 aliphatic heterocycles. The van der Waals surface area contributed by atoms with Crippen LogP contribution in [0, 0.1) is 0 Å². The van der Waals surface area contributed by atoms with E-state index < -0.39 is 79.8 Å². The highest BCUT2D eigenvalue weighted by molar-refractivity contribution is 5.73. The van der Waals surface area contributed by atoms with Gasteiger partial charge in [0.15, 0.2) is 12.6 Å². The van der Waals surface area contributed by atoms with E-state index in [0.29, 0.717) is 0 Å². The zero-order valence-corrected chi connectivity index (χ0v) is 14.1. The van der Waals surface area contributed by atoms with Crippen molar-refractivity contribution in [1.82, 2.24) is 5.32 Å². The third kappa shape index (κ3) is 4.53. The summed E-state index contributed by atoms with van der Waals surface area (Å²) in [6.45, 7) is 0.369. The summed E-state index contributed by atoms with van der Waals surface area (Å²) in [7, 11) is 0. The quantitative estimate of drug-likeness (QED) is 0.231. The van der Waals surface area contributed by atoms with E-state index in [1.165, 1.54) is 0 Å². The fraction of sp³-hybridized carbons (Fsp3) is 0.857. The molecule has 13 nitrogen and oxygen atoms in total. The number of rotatable bonds is 5. The average Bonchev–Trinajstić information content (AvgIpc) is 2.60. The molecule has 2 heterocycles. The predicted octanol–water partition coefficient (Wildman–Crippen LogP) is -6.50. The summed E-state index contributed by atoms with van der Waals surface area (Å²) in [6.07, 6.45) is -16.1. The van der Waals surface area contributed by atoms with E-state index in [4.69, 9.17) is 14.2 Å². The minimum absolute atomic E-state index is 0.640. The predicted molar refractivity (Wildman–Crippen MR) is 78.1 cm³/mol. The first-order valence-corrected chi connectivity index (χ1v) is 8.04. The van der Waals surface area contributed by atoms with Gasteiger partial charge in [0.25, 0.3) is 0 Å². The van der Waals surface area contributed by atoms with Crippen LogP contribution in [0.3, 0.4) is 0 Å². The molecule has 0 unspecified atom stereocenters. The largest absolute Gasteiger partial charge is 0.547 e. The first-order valence-electron chi connectivity index (χ1n) is 8.04. The fourth-order valence-corrected chi connectivity index (χ4v) is 2.94. The number of aliphatic carboxylic acids is 1. The molecule has 0 aromatic heterocycles. The Morgan fingerprint density at radius 3 is 2.19 bits per heavy atom. The Bertz CT molecular complexity index is 546. The Morgan fingerprint density at radius 2 is 1.67 bits per heavy atom. The molecule has 1 amide bonds. The lowest BCUT2D eigenvalue weighted by molar-refractivity contribution is -0.363. The lowest BCUT2D eigenvalue weighted by Crippen LogP contribution is -2.68. The van der Waals surface area contributed by atoms with Crippen molar-refractivity contribution < 1.29 is 59.5 Å². The van der Waals surface area contributed by atoms with E-state index in [1.54, 1.807) is 0 Å². The summed E-state index contributed by atoms with van der Waals surface area (Å²) in [4.78, 5) is 22.4. The van der Waals surface area contributed by atoms with E-state index in [-0.39, 0.29) is 0 Å². The molecule has 2 rings (SSSR count). The molecule has 10 atom stereocenters. The topological polar surface area (TPSA) is 218 Å². The second kappa shape index (κ2) is 8.72. The molecule has 2 aliphatic rings. The number of aliphatic hydroxyl groups excluding tert-OH is 6. The van der Waals surface area contributed by atoms with Crippen LogP contribution in [0.1, 0.15) is 6.92 Å². The molecule has 0 aromatic rings. The second-order valence-electron chi connectivity index (χ2n) is 6.28. The summed E-state index contributed by atoms with van der Waals surface area (Å²) >= 11 is 0. The maximum atomic E-state index is 11.3. The van der Waals surface area contributed by atoms with Gasteiger partial charge < -0.3 is 60.1 Å². The average molecular weight is 396 g/mol. The number of carbonyl (C=O) groups excluding carboxylic acids is 2. The van der Waals surface area contributed by atoms with E-state index >= 15 is 0 Å². The smallest absolute Gasteiger partial charge is 0.217 e. The highest BCUT2D eigenvalue weighted by Crippen LogP contribution is 2.28. The highest BCUT2D eigenvalue weighted by atomic mass is 16.7. The van der Waals surface area contributed by atoms with Crippen LogP contribution in [0.5, 0.6) is 0 Å². The Kier molecular flexibility index (Phi) is 7.07. The third-order valence-electron chi connectivity index (χ3n) is 4.34. The molecule has 13 heteroatoms. The standard InChI is InChI=1S/C14H23NO12/c1-3(17)15-5-10(6(18)4(2-16)25-13(5)24)26-14-9(21)7(19)8(20)11(27-14)12(22)23/h4-11,13-14,16,18-21,24H,2H2,1H3,(H,15,17)(H,22,23)/p-1/t4-,5-,6+,7+,8+,9-,10-,11+,13-,14-/m1/s1. The van der Waals surface area contributed by atoms with Crippen LogP contribution in [-0.2, 0) is 23.8 Å². The number of carbonyl (C=O) groups is 2. The molecule has 0 bridgehead atoms. The summed E-state index contributed by atoms with van der Waals surface area (Å²) in [5.74, 6) is -2.53. The number of ether oxygens (including phenoxy) is 3. The summed E-state index contributed by atoms with van der Waals surface area (Å²) < 4.78 is 15.2. The molecule has 156 valence electrons. The molecule has 7 N–H and O–H groups in total. The van der Waals surface area contributed by atoms with Crippen molar-refractivity contribution in [3.05, 3.63) is 0 Å². The van der Waals surface area contributed by atoms with Crippen LogP contribution in [0.15, 0.2) is 0 Å². The highest BCUT2D eigenvalue weighted by Gasteiger charge is 2.51. The number of hydrogen-bond donors (Lipinski definition) is 7. The molecule has 0 spiro atoms. The van der Waals surface area contributed by atoms with Crippen molar-refractivity contribution >= 4 is 11.9 Å². The number of nitrogens with one attached hydrogen (secondary N) is 1. The molecular formula is C14H22NO12-. The first kappa shape index (κ1) is 21.9. The number of carboxylic acids is 1. The molecule has 0 radical (unpaired) electrons. The second-order valence-corrected chi connectivity index (χ2v) is 6.28. The fourth-order valence-electron chi connectivity index (χ4n) is 2.94. The Morgan fingerprint density at radius 1 is 1.04 bits per heavy atom. The third-order valence-corrected chi connectivity index (χ3v) is 4.34. The zero-order chi connectivity index (χ0) is 20.5. The van der Waals surface area contributed by atoms with Gasteiger partial charge in [-0.3, -0.25) is 4.79 Å². The molecule has 0 aliphatic carbocycles. The van der Waals surface area contributed by atoms with Crippen molar-refractivity contribution in [3.8, 4) is 0 Å². The van der Waals surface area contributed by atoms with Gasteiger partial charge in [-0.2, -0.15) is 0 Å². The SMILES string of the molecule is CC(=O)N[C@@H]1[C@@H](O[C@@H]2O[C@H](C(=O)[O-])[C@@H](O)[C@H](O)[C@H]2O)[C@@H](O)[C@@H](CO)O[C@H]1O. The molecule has 0 aromatic carbocycles. The summed E-state index contributed by atoms with van der Waals surface area (Å²) in [6, 6.07) is -1.39. The van der Waals surface area contributed by atoms with E-state index in [1.807, 2.05) is 0 Å². The molecule has 2 saturated heterocycles. The maximum absolute atomic E-state index is 11.3. The molecule has 0 saturated carbocycles. The Balaban J connectivity index is 2.25. The number of amides is 1.